The normalized spacial score (nSPS) is 10.3. The quantitative estimate of drug-likeness (QED) is 0.326. The number of hydrogen-bond acceptors (Lipinski definition) is 6. The van der Waals surface area contributed by atoms with Gasteiger partial charge in [-0.15, -0.1) is 0 Å². The van der Waals surface area contributed by atoms with Crippen LogP contribution < -0.4 is 10.7 Å². The summed E-state index contributed by atoms with van der Waals surface area (Å²) in [5.41, 5.74) is 3.32. The number of carbonyl (C=O) groups is 3. The van der Waals surface area contributed by atoms with E-state index in [1.165, 1.54) is 42.6 Å². The van der Waals surface area contributed by atoms with Crippen molar-refractivity contribution in [2.45, 2.75) is 6.92 Å². The Hall–Kier alpha value is -3.68. The number of amides is 2. The summed E-state index contributed by atoms with van der Waals surface area (Å²) in [4.78, 5) is 35.0. The molecule has 0 aliphatic rings. The van der Waals surface area contributed by atoms with Gasteiger partial charge in [0, 0.05) is 5.69 Å². The van der Waals surface area contributed by atoms with Crippen LogP contribution in [0.3, 0.4) is 0 Å². The number of carbonyl (C=O) groups excluding carboxylic acids is 3. The van der Waals surface area contributed by atoms with Gasteiger partial charge in [-0.25, -0.2) is 10.2 Å². The number of phenolic OH excluding ortho intramolecular Hbond substituents is 1. The van der Waals surface area contributed by atoms with Crippen molar-refractivity contribution >= 4 is 29.7 Å². The lowest BCUT2D eigenvalue weighted by Gasteiger charge is -2.05. The van der Waals surface area contributed by atoms with Crippen LogP contribution in [-0.2, 0) is 14.3 Å². The number of ether oxygens (including phenoxy) is 1. The third-order valence-corrected chi connectivity index (χ3v) is 3.11. The van der Waals surface area contributed by atoms with Crippen LogP contribution in [0.25, 0.3) is 0 Å². The van der Waals surface area contributed by atoms with Crippen molar-refractivity contribution in [2.75, 3.05) is 11.9 Å². The number of rotatable bonds is 5. The molecule has 2 amide bonds. The third kappa shape index (κ3) is 5.45. The van der Waals surface area contributed by atoms with Gasteiger partial charge < -0.3 is 15.2 Å². The van der Waals surface area contributed by atoms with Gasteiger partial charge in [0.2, 0.25) is 0 Å². The van der Waals surface area contributed by atoms with Gasteiger partial charge in [0.25, 0.3) is 0 Å². The fraction of sp³-hybridized carbons (Fsp3) is 0.111. The molecule has 0 spiro atoms. The molecule has 0 atom stereocenters. The number of nitrogens with zero attached hydrogens (tertiary/aromatic N) is 1. The van der Waals surface area contributed by atoms with Gasteiger partial charge in [0.15, 0.2) is 0 Å². The fourth-order valence-corrected chi connectivity index (χ4v) is 1.91. The maximum absolute atomic E-state index is 11.8. The molecule has 3 N–H and O–H groups in total. The molecule has 0 unspecified atom stereocenters. The lowest BCUT2D eigenvalue weighted by Crippen LogP contribution is -2.32. The van der Waals surface area contributed by atoms with Crippen LogP contribution in [0.15, 0.2) is 53.6 Å². The van der Waals surface area contributed by atoms with Crippen molar-refractivity contribution in [3.05, 3.63) is 59.7 Å². The van der Waals surface area contributed by atoms with E-state index in [-0.39, 0.29) is 12.4 Å². The highest BCUT2D eigenvalue weighted by molar-refractivity contribution is 6.39. The van der Waals surface area contributed by atoms with E-state index in [1.54, 1.807) is 19.1 Å². The topological polar surface area (TPSA) is 117 Å². The minimum Gasteiger partial charge on any atom is -0.508 e. The molecule has 0 aromatic heterocycles. The van der Waals surface area contributed by atoms with E-state index < -0.39 is 17.8 Å². The number of hydrogen-bond donors (Lipinski definition) is 3. The molecule has 0 fully saturated rings. The lowest BCUT2D eigenvalue weighted by molar-refractivity contribution is -0.136. The Morgan fingerprint density at radius 2 is 1.85 bits per heavy atom. The maximum atomic E-state index is 11.8. The number of hydrazone groups is 1. The zero-order valence-corrected chi connectivity index (χ0v) is 13.9. The second-order valence-corrected chi connectivity index (χ2v) is 5.05. The monoisotopic (exact) mass is 355 g/mol. The fourth-order valence-electron chi connectivity index (χ4n) is 1.91. The van der Waals surface area contributed by atoms with E-state index in [2.05, 4.69) is 15.8 Å². The lowest BCUT2D eigenvalue weighted by atomic mass is 10.2. The summed E-state index contributed by atoms with van der Waals surface area (Å²) in [5.74, 6) is -2.29. The number of esters is 1. The molecule has 0 aliphatic carbocycles. The largest absolute Gasteiger partial charge is 0.508 e. The van der Waals surface area contributed by atoms with E-state index in [4.69, 9.17) is 4.74 Å². The van der Waals surface area contributed by atoms with Gasteiger partial charge in [-0.2, -0.15) is 5.10 Å². The Balaban J connectivity index is 1.88. The molecule has 26 heavy (non-hydrogen) atoms. The van der Waals surface area contributed by atoms with Gasteiger partial charge in [-0.1, -0.05) is 12.1 Å². The van der Waals surface area contributed by atoms with Crippen molar-refractivity contribution in [1.82, 2.24) is 5.43 Å². The van der Waals surface area contributed by atoms with E-state index in [1.807, 2.05) is 0 Å². The first-order valence-electron chi connectivity index (χ1n) is 7.70. The van der Waals surface area contributed by atoms with Crippen LogP contribution in [0.2, 0.25) is 0 Å². The van der Waals surface area contributed by atoms with Crippen LogP contribution in [-0.4, -0.2) is 35.7 Å². The first-order chi connectivity index (χ1) is 12.5. The van der Waals surface area contributed by atoms with E-state index in [9.17, 15) is 19.5 Å². The van der Waals surface area contributed by atoms with Crippen molar-refractivity contribution in [3.8, 4) is 5.75 Å². The summed E-state index contributed by atoms with van der Waals surface area (Å²) in [6.07, 6.45) is 1.29. The van der Waals surface area contributed by atoms with Gasteiger partial charge in [0.05, 0.1) is 18.4 Å². The molecule has 8 heteroatoms. The van der Waals surface area contributed by atoms with Crippen LogP contribution in [0.5, 0.6) is 5.75 Å². The Bertz CT molecular complexity index is 831. The third-order valence-electron chi connectivity index (χ3n) is 3.11. The Labute approximate surface area is 149 Å². The van der Waals surface area contributed by atoms with Gasteiger partial charge in [0.1, 0.15) is 5.75 Å². The molecule has 0 heterocycles. The van der Waals surface area contributed by atoms with Crippen molar-refractivity contribution < 1.29 is 24.2 Å². The van der Waals surface area contributed by atoms with E-state index in [0.717, 1.165) is 0 Å². The number of anilines is 1. The first kappa shape index (κ1) is 18.7. The number of benzene rings is 2. The first-order valence-corrected chi connectivity index (χ1v) is 7.70. The minimum atomic E-state index is -0.962. The molecule has 134 valence electrons. The van der Waals surface area contributed by atoms with Crippen molar-refractivity contribution in [3.63, 3.8) is 0 Å². The predicted molar refractivity (Wildman–Crippen MR) is 94.9 cm³/mol. The summed E-state index contributed by atoms with van der Waals surface area (Å²) >= 11 is 0. The molecular formula is C18H17N3O5. The summed E-state index contributed by atoms with van der Waals surface area (Å²) in [5, 5.41) is 15.3. The molecule has 0 aliphatic heterocycles. The maximum Gasteiger partial charge on any atom is 0.338 e. The van der Waals surface area contributed by atoms with Gasteiger partial charge >= 0.3 is 17.8 Å². The smallest absolute Gasteiger partial charge is 0.338 e. The molecule has 0 radical (unpaired) electrons. The minimum absolute atomic E-state index is 0.0595. The highest BCUT2D eigenvalue weighted by Gasteiger charge is 2.13. The molecule has 2 aromatic rings. The Morgan fingerprint density at radius 1 is 1.12 bits per heavy atom. The van der Waals surface area contributed by atoms with Crippen LogP contribution in [0.4, 0.5) is 5.69 Å². The predicted octanol–water partition coefficient (Wildman–Crippen LogP) is 1.66. The summed E-state index contributed by atoms with van der Waals surface area (Å²) in [7, 11) is 0. The highest BCUT2D eigenvalue weighted by atomic mass is 16.5. The molecular weight excluding hydrogens is 338 g/mol. The van der Waals surface area contributed by atoms with E-state index >= 15 is 0 Å². The summed E-state index contributed by atoms with van der Waals surface area (Å²) in [6, 6.07) is 12.1. The highest BCUT2D eigenvalue weighted by Crippen LogP contribution is 2.11. The second kappa shape index (κ2) is 8.97. The van der Waals surface area contributed by atoms with Crippen molar-refractivity contribution in [2.24, 2.45) is 5.10 Å². The number of nitrogens with one attached hydrogen (secondary N) is 2. The Morgan fingerprint density at radius 3 is 2.50 bits per heavy atom. The number of phenols is 1. The SMILES string of the molecule is CCOC(=O)c1ccc(NC(=O)C(=O)N/N=C\c2cccc(O)c2)cc1. The average Bonchev–Trinajstić information content (AvgIpc) is 2.62. The van der Waals surface area contributed by atoms with Crippen LogP contribution in [0.1, 0.15) is 22.8 Å². The number of aromatic hydroxyl groups is 1. The van der Waals surface area contributed by atoms with E-state index in [0.29, 0.717) is 16.8 Å². The molecule has 8 nitrogen and oxygen atoms in total. The molecule has 0 saturated heterocycles. The molecule has 0 bridgehead atoms. The van der Waals surface area contributed by atoms with Crippen molar-refractivity contribution in [1.29, 1.82) is 0 Å². The average molecular weight is 355 g/mol. The summed E-state index contributed by atoms with van der Waals surface area (Å²) < 4.78 is 4.85. The zero-order valence-electron chi connectivity index (χ0n) is 13.9. The second-order valence-electron chi connectivity index (χ2n) is 5.05. The standard InChI is InChI=1S/C18H17N3O5/c1-2-26-18(25)13-6-8-14(9-7-13)20-16(23)17(24)21-19-11-12-4-3-5-15(22)10-12/h3-11,22H,2H2,1H3,(H,20,23)(H,21,24)/b19-11-. The molecule has 2 aromatic carbocycles. The van der Waals surface area contributed by atoms with Gasteiger partial charge in [-0.3, -0.25) is 9.59 Å². The zero-order chi connectivity index (χ0) is 18.9. The summed E-state index contributed by atoms with van der Waals surface area (Å²) in [6.45, 7) is 1.97. The Kier molecular flexibility index (Phi) is 6.44. The van der Waals surface area contributed by atoms with Crippen LogP contribution >= 0.6 is 0 Å². The molecule has 2 rings (SSSR count). The van der Waals surface area contributed by atoms with Crippen LogP contribution in [0, 0.1) is 0 Å². The molecule has 0 saturated carbocycles. The van der Waals surface area contributed by atoms with Gasteiger partial charge in [-0.05, 0) is 48.9 Å².